The minimum atomic E-state index is -0.886. The standard InChI is InChI=1S/C9H17NO4/c1-2-10(6-7-11)8(12)4-3-5-9(13)14/h11H,2-7H2,1H3,(H,13,14). The van der Waals surface area contributed by atoms with Gasteiger partial charge >= 0.3 is 5.97 Å². The highest BCUT2D eigenvalue weighted by atomic mass is 16.4. The maximum atomic E-state index is 11.4. The van der Waals surface area contributed by atoms with Crippen LogP contribution in [0.5, 0.6) is 0 Å². The van der Waals surface area contributed by atoms with E-state index < -0.39 is 5.97 Å². The van der Waals surface area contributed by atoms with E-state index in [1.165, 1.54) is 4.90 Å². The number of likely N-dealkylation sites (N-methyl/N-ethyl adjacent to an activating group) is 1. The molecule has 0 bridgehead atoms. The Hall–Kier alpha value is -1.10. The van der Waals surface area contributed by atoms with Crippen molar-refractivity contribution in [1.82, 2.24) is 4.90 Å². The first-order valence-corrected chi connectivity index (χ1v) is 4.72. The number of rotatable bonds is 7. The number of nitrogens with zero attached hydrogens (tertiary/aromatic N) is 1. The lowest BCUT2D eigenvalue weighted by atomic mass is 10.2. The lowest BCUT2D eigenvalue weighted by molar-refractivity contribution is -0.137. The molecule has 0 aromatic carbocycles. The largest absolute Gasteiger partial charge is 0.481 e. The number of aliphatic hydroxyl groups is 1. The molecule has 82 valence electrons. The third-order valence-electron chi connectivity index (χ3n) is 1.89. The molecule has 0 saturated heterocycles. The Bertz CT molecular complexity index is 193. The number of hydrogen-bond donors (Lipinski definition) is 2. The van der Waals surface area contributed by atoms with Crippen molar-refractivity contribution in [1.29, 1.82) is 0 Å². The van der Waals surface area contributed by atoms with E-state index in [1.54, 1.807) is 0 Å². The minimum absolute atomic E-state index is 0.0163. The van der Waals surface area contributed by atoms with Crippen LogP contribution in [0.2, 0.25) is 0 Å². The summed E-state index contributed by atoms with van der Waals surface area (Å²) in [5.74, 6) is -0.981. The number of aliphatic hydroxyl groups excluding tert-OH is 1. The normalized spacial score (nSPS) is 9.86. The van der Waals surface area contributed by atoms with Crippen LogP contribution in [0.25, 0.3) is 0 Å². The van der Waals surface area contributed by atoms with Crippen LogP contribution in [0.1, 0.15) is 26.2 Å². The van der Waals surface area contributed by atoms with Crippen LogP contribution in [0.3, 0.4) is 0 Å². The Kier molecular flexibility index (Phi) is 6.74. The second-order valence-corrected chi connectivity index (χ2v) is 2.94. The summed E-state index contributed by atoms with van der Waals surface area (Å²) in [5.41, 5.74) is 0. The summed E-state index contributed by atoms with van der Waals surface area (Å²) in [6.45, 7) is 2.64. The van der Waals surface area contributed by atoms with Crippen molar-refractivity contribution in [2.45, 2.75) is 26.2 Å². The minimum Gasteiger partial charge on any atom is -0.481 e. The Balaban J connectivity index is 3.74. The average molecular weight is 203 g/mol. The third-order valence-corrected chi connectivity index (χ3v) is 1.89. The molecule has 0 aromatic heterocycles. The number of aliphatic carboxylic acids is 1. The fraction of sp³-hybridized carbons (Fsp3) is 0.778. The molecule has 0 radical (unpaired) electrons. The molecule has 5 heteroatoms. The van der Waals surface area contributed by atoms with Gasteiger partial charge in [0.25, 0.3) is 0 Å². The lowest BCUT2D eigenvalue weighted by Gasteiger charge is -2.19. The molecule has 14 heavy (non-hydrogen) atoms. The van der Waals surface area contributed by atoms with Crippen molar-refractivity contribution in [3.05, 3.63) is 0 Å². The zero-order valence-corrected chi connectivity index (χ0v) is 8.40. The molecule has 1 amide bonds. The highest BCUT2D eigenvalue weighted by Gasteiger charge is 2.10. The maximum Gasteiger partial charge on any atom is 0.303 e. The topological polar surface area (TPSA) is 77.8 Å². The highest BCUT2D eigenvalue weighted by Crippen LogP contribution is 2.00. The van der Waals surface area contributed by atoms with Crippen molar-refractivity contribution in [2.24, 2.45) is 0 Å². The molecule has 0 aliphatic heterocycles. The molecule has 2 N–H and O–H groups in total. The number of carboxylic acid groups (broad SMARTS) is 1. The van der Waals surface area contributed by atoms with Crippen molar-refractivity contribution in [3.8, 4) is 0 Å². The van der Waals surface area contributed by atoms with Crippen LogP contribution in [0, 0.1) is 0 Å². The van der Waals surface area contributed by atoms with Crippen molar-refractivity contribution in [2.75, 3.05) is 19.7 Å². The van der Waals surface area contributed by atoms with Gasteiger partial charge in [0, 0.05) is 25.9 Å². The first kappa shape index (κ1) is 12.9. The smallest absolute Gasteiger partial charge is 0.303 e. The zero-order valence-electron chi connectivity index (χ0n) is 8.40. The molecule has 0 unspecified atom stereocenters. The second-order valence-electron chi connectivity index (χ2n) is 2.94. The van der Waals surface area contributed by atoms with Gasteiger partial charge in [0.1, 0.15) is 0 Å². The molecule has 0 aromatic rings. The van der Waals surface area contributed by atoms with Crippen LogP contribution in [0.4, 0.5) is 0 Å². The van der Waals surface area contributed by atoms with E-state index in [0.717, 1.165) is 0 Å². The van der Waals surface area contributed by atoms with Crippen LogP contribution >= 0.6 is 0 Å². The maximum absolute atomic E-state index is 11.4. The molecule has 0 rings (SSSR count). The molecule has 0 aliphatic carbocycles. The van der Waals surface area contributed by atoms with Gasteiger partial charge in [-0.05, 0) is 13.3 Å². The van der Waals surface area contributed by atoms with Gasteiger partial charge in [-0.2, -0.15) is 0 Å². The van der Waals surface area contributed by atoms with Gasteiger partial charge in [-0.15, -0.1) is 0 Å². The molecular weight excluding hydrogens is 186 g/mol. The van der Waals surface area contributed by atoms with Crippen molar-refractivity contribution >= 4 is 11.9 Å². The van der Waals surface area contributed by atoms with Gasteiger partial charge in [0.2, 0.25) is 5.91 Å². The van der Waals surface area contributed by atoms with E-state index >= 15 is 0 Å². The van der Waals surface area contributed by atoms with Gasteiger partial charge in [-0.1, -0.05) is 0 Å². The Morgan fingerprint density at radius 1 is 1.29 bits per heavy atom. The number of amides is 1. The van der Waals surface area contributed by atoms with Gasteiger partial charge < -0.3 is 15.1 Å². The van der Waals surface area contributed by atoms with Crippen LogP contribution < -0.4 is 0 Å². The Morgan fingerprint density at radius 3 is 2.36 bits per heavy atom. The lowest BCUT2D eigenvalue weighted by Crippen LogP contribution is -2.33. The van der Waals surface area contributed by atoms with E-state index in [1.807, 2.05) is 6.92 Å². The third kappa shape index (κ3) is 5.53. The molecule has 0 aliphatic rings. The quantitative estimate of drug-likeness (QED) is 0.614. The van der Waals surface area contributed by atoms with Crippen molar-refractivity contribution in [3.63, 3.8) is 0 Å². The SMILES string of the molecule is CCN(CCO)C(=O)CCCC(=O)O. The van der Waals surface area contributed by atoms with Gasteiger partial charge in [0.05, 0.1) is 6.61 Å². The molecule has 0 heterocycles. The van der Waals surface area contributed by atoms with Gasteiger partial charge in [0.15, 0.2) is 0 Å². The predicted molar refractivity (Wildman–Crippen MR) is 50.8 cm³/mol. The van der Waals surface area contributed by atoms with Gasteiger partial charge in [-0.25, -0.2) is 0 Å². The van der Waals surface area contributed by atoms with E-state index in [9.17, 15) is 9.59 Å². The van der Waals surface area contributed by atoms with Crippen molar-refractivity contribution < 1.29 is 19.8 Å². The summed E-state index contributed by atoms with van der Waals surface area (Å²) in [6.07, 6.45) is 0.610. The summed E-state index contributed by atoms with van der Waals surface area (Å²) in [5, 5.41) is 17.0. The molecule has 0 spiro atoms. The number of carbonyl (C=O) groups excluding carboxylic acids is 1. The fourth-order valence-electron chi connectivity index (χ4n) is 1.13. The number of carbonyl (C=O) groups is 2. The summed E-state index contributed by atoms with van der Waals surface area (Å²) in [7, 11) is 0. The number of hydrogen-bond acceptors (Lipinski definition) is 3. The molecule has 0 fully saturated rings. The Labute approximate surface area is 83.3 Å². The molecule has 0 saturated carbocycles. The highest BCUT2D eigenvalue weighted by molar-refractivity contribution is 5.76. The van der Waals surface area contributed by atoms with Gasteiger partial charge in [-0.3, -0.25) is 9.59 Å². The molecular formula is C9H17NO4. The fourth-order valence-corrected chi connectivity index (χ4v) is 1.13. The van der Waals surface area contributed by atoms with E-state index in [-0.39, 0.29) is 25.4 Å². The van der Waals surface area contributed by atoms with E-state index in [0.29, 0.717) is 19.5 Å². The van der Waals surface area contributed by atoms with E-state index in [2.05, 4.69) is 0 Å². The first-order valence-electron chi connectivity index (χ1n) is 4.72. The first-order chi connectivity index (χ1) is 6.61. The summed E-state index contributed by atoms with van der Waals surface area (Å²) >= 11 is 0. The zero-order chi connectivity index (χ0) is 11.0. The second kappa shape index (κ2) is 7.32. The van der Waals surface area contributed by atoms with E-state index in [4.69, 9.17) is 10.2 Å². The summed E-state index contributed by atoms with van der Waals surface area (Å²) in [4.78, 5) is 23.1. The predicted octanol–water partition coefficient (Wildman–Crippen LogP) is 0.0821. The summed E-state index contributed by atoms with van der Waals surface area (Å²) in [6, 6.07) is 0. The molecule has 0 atom stereocenters. The average Bonchev–Trinajstić information content (AvgIpc) is 2.13. The summed E-state index contributed by atoms with van der Waals surface area (Å²) < 4.78 is 0. The molecule has 5 nitrogen and oxygen atoms in total. The Morgan fingerprint density at radius 2 is 1.93 bits per heavy atom. The number of carboxylic acids is 1. The van der Waals surface area contributed by atoms with Crippen LogP contribution in [0.15, 0.2) is 0 Å². The van der Waals surface area contributed by atoms with Crippen LogP contribution in [-0.2, 0) is 9.59 Å². The van der Waals surface area contributed by atoms with Crippen LogP contribution in [-0.4, -0.2) is 46.7 Å². The monoisotopic (exact) mass is 203 g/mol.